The van der Waals surface area contributed by atoms with Gasteiger partial charge < -0.3 is 5.32 Å². The molecule has 43 heavy (non-hydrogen) atoms. The minimum absolute atomic E-state index is 0.0815. The molecule has 5 rings (SSSR count). The molecule has 4 aromatic carbocycles. The van der Waals surface area contributed by atoms with E-state index >= 15 is 0 Å². The molecule has 1 atom stereocenters. The van der Waals surface area contributed by atoms with Crippen molar-refractivity contribution in [2.75, 3.05) is 13.1 Å². The SMILES string of the molecule is O=C(NCC1CN(Cc2cc(C(F)(F)F)cc(C(F)(F)F)c2)N=N1)c1ccccc1P(c1ccccc1)c1ccccc1. The molecule has 0 saturated heterocycles. The zero-order valence-electron chi connectivity index (χ0n) is 22.5. The summed E-state index contributed by atoms with van der Waals surface area (Å²) in [7, 11) is -1.05. The summed E-state index contributed by atoms with van der Waals surface area (Å²) < 4.78 is 79.4. The minimum atomic E-state index is -4.94. The predicted molar refractivity (Wildman–Crippen MR) is 153 cm³/mol. The van der Waals surface area contributed by atoms with E-state index in [1.165, 1.54) is 5.01 Å². The highest BCUT2D eigenvalue weighted by atomic mass is 31.1. The number of hydrogen-bond acceptors (Lipinski definition) is 4. The Kier molecular flexibility index (Phi) is 8.82. The molecule has 0 spiro atoms. The molecule has 1 aliphatic heterocycles. The van der Waals surface area contributed by atoms with Gasteiger partial charge in [0.2, 0.25) is 0 Å². The van der Waals surface area contributed by atoms with Crippen molar-refractivity contribution in [1.29, 1.82) is 0 Å². The minimum Gasteiger partial charge on any atom is -0.350 e. The van der Waals surface area contributed by atoms with E-state index < -0.39 is 37.4 Å². The summed E-state index contributed by atoms with van der Waals surface area (Å²) in [4.78, 5) is 13.4. The van der Waals surface area contributed by atoms with Gasteiger partial charge in [-0.05, 0) is 53.7 Å². The van der Waals surface area contributed by atoms with E-state index in [1.54, 1.807) is 12.1 Å². The molecule has 0 bridgehead atoms. The lowest BCUT2D eigenvalue weighted by Gasteiger charge is -2.22. The molecular formula is C31H25F6N4OP. The van der Waals surface area contributed by atoms with Gasteiger partial charge in [-0.2, -0.15) is 31.5 Å². The van der Waals surface area contributed by atoms with Crippen molar-refractivity contribution in [3.05, 3.63) is 125 Å². The predicted octanol–water partition coefficient (Wildman–Crippen LogP) is 6.46. The Balaban J connectivity index is 1.28. The van der Waals surface area contributed by atoms with Crippen LogP contribution in [-0.4, -0.2) is 30.0 Å². The Morgan fingerprint density at radius 3 is 1.88 bits per heavy atom. The van der Waals surface area contributed by atoms with Gasteiger partial charge in [-0.15, -0.1) is 0 Å². The van der Waals surface area contributed by atoms with Crippen LogP contribution in [0, 0.1) is 0 Å². The summed E-state index contributed by atoms with van der Waals surface area (Å²) in [5.74, 6) is -0.323. The van der Waals surface area contributed by atoms with E-state index in [4.69, 9.17) is 0 Å². The van der Waals surface area contributed by atoms with Crippen LogP contribution in [0.3, 0.4) is 0 Å². The summed E-state index contributed by atoms with van der Waals surface area (Å²) in [5.41, 5.74) is -2.48. The first-order chi connectivity index (χ1) is 20.5. The fraction of sp³-hybridized carbons (Fsp3) is 0.194. The number of halogens is 6. The normalized spacial score (nSPS) is 15.2. The Labute approximate surface area is 245 Å². The lowest BCUT2D eigenvalue weighted by Crippen LogP contribution is -2.36. The maximum Gasteiger partial charge on any atom is 0.416 e. The van der Waals surface area contributed by atoms with Gasteiger partial charge in [0.05, 0.1) is 24.2 Å². The Hall–Kier alpha value is -4.24. The number of hydrogen-bond donors (Lipinski definition) is 1. The van der Waals surface area contributed by atoms with Crippen molar-refractivity contribution in [2.45, 2.75) is 24.9 Å². The Morgan fingerprint density at radius 2 is 1.33 bits per heavy atom. The number of amides is 1. The van der Waals surface area contributed by atoms with Crippen LogP contribution in [0.15, 0.2) is 113 Å². The van der Waals surface area contributed by atoms with Gasteiger partial charge in [0, 0.05) is 12.1 Å². The van der Waals surface area contributed by atoms with Gasteiger partial charge >= 0.3 is 12.4 Å². The van der Waals surface area contributed by atoms with Gasteiger partial charge in [-0.3, -0.25) is 9.80 Å². The van der Waals surface area contributed by atoms with Crippen molar-refractivity contribution in [1.82, 2.24) is 10.3 Å². The van der Waals surface area contributed by atoms with Crippen LogP contribution in [-0.2, 0) is 18.9 Å². The first-order valence-corrected chi connectivity index (χ1v) is 14.5. The van der Waals surface area contributed by atoms with E-state index in [2.05, 4.69) is 15.7 Å². The topological polar surface area (TPSA) is 57.1 Å². The number of benzene rings is 4. The third-order valence-corrected chi connectivity index (χ3v) is 9.19. The summed E-state index contributed by atoms with van der Waals surface area (Å²) in [6, 6.07) is 28.1. The molecule has 0 saturated carbocycles. The standard InChI is InChI=1S/C31H25F6N4OP/c32-30(33,34)22-15-21(16-23(17-22)31(35,36)37)19-41-20-24(39-40-41)18-38-29(42)27-13-7-8-14-28(27)43(25-9-3-1-4-10-25)26-11-5-2-6-12-26/h1-17,24H,18-20H2,(H,38,42). The highest BCUT2D eigenvalue weighted by molar-refractivity contribution is 7.80. The van der Waals surface area contributed by atoms with Gasteiger partial charge in [0.15, 0.2) is 0 Å². The third kappa shape index (κ3) is 7.40. The maximum absolute atomic E-state index is 13.4. The molecule has 5 nitrogen and oxygen atoms in total. The molecule has 0 aromatic heterocycles. The van der Waals surface area contributed by atoms with E-state index in [0.29, 0.717) is 17.7 Å². The second-order valence-electron chi connectivity index (χ2n) is 9.85. The summed E-state index contributed by atoms with van der Waals surface area (Å²) >= 11 is 0. The van der Waals surface area contributed by atoms with Crippen LogP contribution in [0.4, 0.5) is 26.3 Å². The molecule has 1 amide bonds. The van der Waals surface area contributed by atoms with Crippen molar-refractivity contribution in [3.63, 3.8) is 0 Å². The zero-order chi connectivity index (χ0) is 30.6. The fourth-order valence-corrected chi connectivity index (χ4v) is 7.18. The van der Waals surface area contributed by atoms with E-state index in [1.807, 2.05) is 72.8 Å². The number of nitrogens with one attached hydrogen (secondary N) is 1. The van der Waals surface area contributed by atoms with Crippen LogP contribution in [0.5, 0.6) is 0 Å². The monoisotopic (exact) mass is 614 g/mol. The highest BCUT2D eigenvalue weighted by Gasteiger charge is 2.37. The Morgan fingerprint density at radius 1 is 0.791 bits per heavy atom. The number of rotatable bonds is 8. The molecule has 0 aliphatic carbocycles. The molecule has 12 heteroatoms. The highest BCUT2D eigenvalue weighted by Crippen LogP contribution is 2.37. The number of carbonyl (C=O) groups excluding carboxylic acids is 1. The average Bonchev–Trinajstić information content (AvgIpc) is 3.43. The van der Waals surface area contributed by atoms with Gasteiger partial charge in [-0.25, -0.2) is 0 Å². The lowest BCUT2D eigenvalue weighted by molar-refractivity contribution is -0.143. The van der Waals surface area contributed by atoms with Crippen molar-refractivity contribution < 1.29 is 31.1 Å². The largest absolute Gasteiger partial charge is 0.416 e. The van der Waals surface area contributed by atoms with Crippen LogP contribution in [0.25, 0.3) is 0 Å². The van der Waals surface area contributed by atoms with Gasteiger partial charge in [0.25, 0.3) is 5.91 Å². The van der Waals surface area contributed by atoms with Crippen LogP contribution >= 0.6 is 7.92 Å². The first-order valence-electron chi connectivity index (χ1n) is 13.2. The second-order valence-corrected chi connectivity index (χ2v) is 12.0. The van der Waals surface area contributed by atoms with Crippen molar-refractivity contribution in [2.24, 2.45) is 10.3 Å². The molecular weight excluding hydrogens is 589 g/mol. The molecule has 222 valence electrons. The third-order valence-electron chi connectivity index (χ3n) is 6.69. The molecule has 4 aromatic rings. The van der Waals surface area contributed by atoms with E-state index in [0.717, 1.165) is 15.9 Å². The maximum atomic E-state index is 13.4. The van der Waals surface area contributed by atoms with Crippen LogP contribution < -0.4 is 21.2 Å². The van der Waals surface area contributed by atoms with E-state index in [-0.39, 0.29) is 37.2 Å². The molecule has 1 heterocycles. The average molecular weight is 615 g/mol. The number of carbonyl (C=O) groups is 1. The van der Waals surface area contributed by atoms with Gasteiger partial charge in [-0.1, -0.05) is 84.1 Å². The number of alkyl halides is 6. The molecule has 0 radical (unpaired) electrons. The zero-order valence-corrected chi connectivity index (χ0v) is 23.4. The van der Waals surface area contributed by atoms with Gasteiger partial charge in [0.1, 0.15) is 6.04 Å². The Bertz CT molecular complexity index is 1520. The smallest absolute Gasteiger partial charge is 0.350 e. The number of nitrogens with zero attached hydrogens (tertiary/aromatic N) is 3. The lowest BCUT2D eigenvalue weighted by atomic mass is 10.0. The quantitative estimate of drug-likeness (QED) is 0.183. The molecule has 1 aliphatic rings. The molecule has 1 N–H and O–H groups in total. The molecule has 0 fully saturated rings. The summed E-state index contributed by atoms with van der Waals surface area (Å²) in [6.45, 7) is -0.110. The van der Waals surface area contributed by atoms with Crippen LogP contribution in [0.1, 0.15) is 27.0 Å². The fourth-order valence-electron chi connectivity index (χ4n) is 4.73. The van der Waals surface area contributed by atoms with Crippen molar-refractivity contribution >= 4 is 29.7 Å². The van der Waals surface area contributed by atoms with Crippen LogP contribution in [0.2, 0.25) is 0 Å². The van der Waals surface area contributed by atoms with E-state index in [9.17, 15) is 31.1 Å². The summed E-state index contributed by atoms with van der Waals surface area (Å²) in [5, 5.41) is 15.2. The first kappa shape index (κ1) is 30.2. The second kappa shape index (κ2) is 12.6. The molecule has 1 unspecified atom stereocenters. The summed E-state index contributed by atoms with van der Waals surface area (Å²) in [6.07, 6.45) is -9.87. The van der Waals surface area contributed by atoms with Crippen molar-refractivity contribution in [3.8, 4) is 0 Å².